The Balaban J connectivity index is 2.68. The van der Waals surface area contributed by atoms with Gasteiger partial charge in [0.25, 0.3) is 0 Å². The highest BCUT2D eigenvalue weighted by molar-refractivity contribution is 7.99. The molecule has 1 aromatic rings. The lowest BCUT2D eigenvalue weighted by atomic mass is 10.5. The van der Waals surface area contributed by atoms with Crippen LogP contribution in [0.3, 0.4) is 0 Å². The summed E-state index contributed by atoms with van der Waals surface area (Å²) in [5, 5.41) is 9.10. The number of methoxy groups -OCH3 is 1. The smallest absolute Gasteiger partial charge is 0.316 e. The van der Waals surface area contributed by atoms with Gasteiger partial charge in [0, 0.05) is 12.4 Å². The van der Waals surface area contributed by atoms with Gasteiger partial charge in [-0.1, -0.05) is 11.8 Å². The highest BCUT2D eigenvalue weighted by atomic mass is 32.2. The summed E-state index contributed by atoms with van der Waals surface area (Å²) >= 11 is 1.13. The minimum atomic E-state index is -0.357. The van der Waals surface area contributed by atoms with Gasteiger partial charge in [-0.3, -0.25) is 4.79 Å². The second-order valence-corrected chi connectivity index (χ2v) is 3.15. The normalized spacial score (nSPS) is 9.14. The molecule has 0 bridgehead atoms. The molecule has 14 heavy (non-hydrogen) atoms. The Bertz CT molecular complexity index is 375. The molecule has 0 aliphatic rings. The van der Waals surface area contributed by atoms with Crippen molar-refractivity contribution in [1.82, 2.24) is 9.97 Å². The number of nitriles is 1. The van der Waals surface area contributed by atoms with Crippen LogP contribution in [-0.4, -0.2) is 28.8 Å². The number of aromatic nitrogens is 2. The predicted octanol–water partition coefficient (Wildman–Crippen LogP) is 0.613. The van der Waals surface area contributed by atoms with Crippen LogP contribution in [-0.2, 0) is 9.53 Å². The Kier molecular flexibility index (Phi) is 3.88. The van der Waals surface area contributed by atoms with Crippen LogP contribution in [0.15, 0.2) is 17.4 Å². The van der Waals surface area contributed by atoms with E-state index in [1.807, 2.05) is 6.07 Å². The van der Waals surface area contributed by atoms with E-state index >= 15 is 0 Å². The molecule has 1 heterocycles. The van der Waals surface area contributed by atoms with Gasteiger partial charge < -0.3 is 4.74 Å². The molecule has 0 saturated carbocycles. The van der Waals surface area contributed by atoms with Gasteiger partial charge in [0.15, 0.2) is 5.69 Å². The molecule has 5 nitrogen and oxygen atoms in total. The van der Waals surface area contributed by atoms with Crippen molar-refractivity contribution in [2.24, 2.45) is 0 Å². The molecule has 0 aliphatic heterocycles. The molecule has 1 aromatic heterocycles. The Morgan fingerprint density at radius 1 is 1.64 bits per heavy atom. The van der Waals surface area contributed by atoms with Crippen LogP contribution in [0.5, 0.6) is 0 Å². The summed E-state index contributed by atoms with van der Waals surface area (Å²) in [6, 6.07) is 1.89. The van der Waals surface area contributed by atoms with Gasteiger partial charge in [-0.15, -0.1) is 0 Å². The van der Waals surface area contributed by atoms with Crippen LogP contribution in [0.4, 0.5) is 0 Å². The topological polar surface area (TPSA) is 75.9 Å². The number of carbonyl (C=O) groups excluding carboxylic acids is 1. The van der Waals surface area contributed by atoms with Crippen LogP contribution in [0.1, 0.15) is 5.69 Å². The SMILES string of the molecule is COC(=O)CSc1nccnc1C#N. The van der Waals surface area contributed by atoms with Gasteiger partial charge in [-0.2, -0.15) is 5.26 Å². The maximum Gasteiger partial charge on any atom is 0.316 e. The molecule has 0 fully saturated rings. The number of carbonyl (C=O) groups is 1. The molecule has 0 radical (unpaired) electrons. The zero-order chi connectivity index (χ0) is 10.4. The van der Waals surface area contributed by atoms with Gasteiger partial charge in [0.1, 0.15) is 11.1 Å². The molecule has 1 rings (SSSR count). The molecule has 72 valence electrons. The number of hydrogen-bond donors (Lipinski definition) is 0. The van der Waals surface area contributed by atoms with Crippen LogP contribution in [0, 0.1) is 11.3 Å². The van der Waals surface area contributed by atoms with E-state index in [1.54, 1.807) is 0 Å². The maximum absolute atomic E-state index is 10.8. The molecule has 0 aromatic carbocycles. The lowest BCUT2D eigenvalue weighted by Gasteiger charge is -1.99. The van der Waals surface area contributed by atoms with Crippen molar-refractivity contribution in [1.29, 1.82) is 5.26 Å². The molecular weight excluding hydrogens is 202 g/mol. The highest BCUT2D eigenvalue weighted by Gasteiger charge is 2.07. The molecule has 0 N–H and O–H groups in total. The molecule has 0 spiro atoms. The van der Waals surface area contributed by atoms with Crippen molar-refractivity contribution in [3.63, 3.8) is 0 Å². The van der Waals surface area contributed by atoms with E-state index in [4.69, 9.17) is 5.26 Å². The van der Waals surface area contributed by atoms with Crippen LogP contribution in [0.25, 0.3) is 0 Å². The zero-order valence-electron chi connectivity index (χ0n) is 7.43. The summed E-state index contributed by atoms with van der Waals surface area (Å²) in [5.41, 5.74) is 0.224. The number of ether oxygens (including phenoxy) is 1. The summed E-state index contributed by atoms with van der Waals surface area (Å²) in [6.07, 6.45) is 2.90. The van der Waals surface area contributed by atoms with E-state index in [-0.39, 0.29) is 17.4 Å². The van der Waals surface area contributed by atoms with E-state index in [9.17, 15) is 4.79 Å². The molecular formula is C8H7N3O2S. The van der Waals surface area contributed by atoms with E-state index in [2.05, 4.69) is 14.7 Å². The molecule has 0 atom stereocenters. The summed E-state index contributed by atoms with van der Waals surface area (Å²) < 4.78 is 4.45. The van der Waals surface area contributed by atoms with Crippen molar-refractivity contribution in [2.75, 3.05) is 12.9 Å². The average Bonchev–Trinajstić information content (AvgIpc) is 2.26. The second kappa shape index (κ2) is 5.19. The number of hydrogen-bond acceptors (Lipinski definition) is 6. The number of nitrogens with zero attached hydrogens (tertiary/aromatic N) is 3. The first-order valence-corrected chi connectivity index (χ1v) is 4.67. The second-order valence-electron chi connectivity index (χ2n) is 2.19. The molecule has 0 amide bonds. The van der Waals surface area contributed by atoms with Crippen molar-refractivity contribution < 1.29 is 9.53 Å². The van der Waals surface area contributed by atoms with Gasteiger partial charge in [-0.05, 0) is 0 Å². The van der Waals surface area contributed by atoms with Crippen molar-refractivity contribution in [3.8, 4) is 6.07 Å². The van der Waals surface area contributed by atoms with E-state index in [0.717, 1.165) is 11.8 Å². The third kappa shape index (κ3) is 2.71. The molecule has 0 unspecified atom stereocenters. The standard InChI is InChI=1S/C8H7N3O2S/c1-13-7(12)5-14-8-6(4-9)10-2-3-11-8/h2-3H,5H2,1H3. The fourth-order valence-electron chi connectivity index (χ4n) is 0.694. The van der Waals surface area contributed by atoms with Crippen LogP contribution >= 0.6 is 11.8 Å². The van der Waals surface area contributed by atoms with E-state index < -0.39 is 0 Å². The Morgan fingerprint density at radius 3 is 3.00 bits per heavy atom. The first-order valence-electron chi connectivity index (χ1n) is 3.68. The lowest BCUT2D eigenvalue weighted by Crippen LogP contribution is -2.04. The van der Waals surface area contributed by atoms with Crippen molar-refractivity contribution >= 4 is 17.7 Å². The van der Waals surface area contributed by atoms with Gasteiger partial charge in [0.2, 0.25) is 0 Å². The monoisotopic (exact) mass is 209 g/mol. The third-order valence-corrected chi connectivity index (χ3v) is 2.28. The summed E-state index contributed by atoms with van der Waals surface area (Å²) in [4.78, 5) is 18.5. The van der Waals surface area contributed by atoms with Crippen molar-refractivity contribution in [3.05, 3.63) is 18.1 Å². The van der Waals surface area contributed by atoms with E-state index in [0.29, 0.717) is 5.03 Å². The number of rotatable bonds is 3. The number of thioether (sulfide) groups is 1. The lowest BCUT2D eigenvalue weighted by molar-refractivity contribution is -0.137. The average molecular weight is 209 g/mol. The van der Waals surface area contributed by atoms with Crippen LogP contribution < -0.4 is 0 Å². The minimum absolute atomic E-state index is 0.129. The first kappa shape index (κ1) is 10.5. The molecule has 0 saturated heterocycles. The molecule has 6 heteroatoms. The summed E-state index contributed by atoms with van der Waals surface area (Å²) in [6.45, 7) is 0. The summed E-state index contributed by atoms with van der Waals surface area (Å²) in [5.74, 6) is -0.228. The Labute approximate surface area is 85.1 Å². The predicted molar refractivity (Wildman–Crippen MR) is 49.5 cm³/mol. The third-order valence-electron chi connectivity index (χ3n) is 1.32. The fourth-order valence-corrected chi connectivity index (χ4v) is 1.44. The van der Waals surface area contributed by atoms with Gasteiger partial charge in [-0.25, -0.2) is 9.97 Å². The highest BCUT2D eigenvalue weighted by Crippen LogP contribution is 2.17. The first-order chi connectivity index (χ1) is 6.77. The fraction of sp³-hybridized carbons (Fsp3) is 0.250. The van der Waals surface area contributed by atoms with Gasteiger partial charge in [0.05, 0.1) is 12.9 Å². The quantitative estimate of drug-likeness (QED) is 0.536. The van der Waals surface area contributed by atoms with E-state index in [1.165, 1.54) is 19.5 Å². The Morgan fingerprint density at radius 2 is 2.36 bits per heavy atom. The minimum Gasteiger partial charge on any atom is -0.468 e. The van der Waals surface area contributed by atoms with Crippen LogP contribution in [0.2, 0.25) is 0 Å². The molecule has 0 aliphatic carbocycles. The maximum atomic E-state index is 10.8. The Hall–Kier alpha value is -1.61. The summed E-state index contributed by atoms with van der Waals surface area (Å²) in [7, 11) is 1.31. The largest absolute Gasteiger partial charge is 0.468 e. The number of esters is 1. The van der Waals surface area contributed by atoms with Crippen molar-refractivity contribution in [2.45, 2.75) is 5.03 Å². The van der Waals surface area contributed by atoms with Gasteiger partial charge >= 0.3 is 5.97 Å². The zero-order valence-corrected chi connectivity index (χ0v) is 8.24.